The number of fused-ring (bicyclic) bond motifs is 1. The van der Waals surface area contributed by atoms with Crippen LogP contribution < -0.4 is 0 Å². The maximum Gasteiger partial charge on any atom is 0.416 e. The third-order valence-electron chi connectivity index (χ3n) is 3.72. The first-order valence-electron chi connectivity index (χ1n) is 7.12. The van der Waals surface area contributed by atoms with E-state index in [1.54, 1.807) is 19.2 Å². The first kappa shape index (κ1) is 15.6. The summed E-state index contributed by atoms with van der Waals surface area (Å²) in [6, 6.07) is 14.0. The van der Waals surface area contributed by atoms with Crippen molar-refractivity contribution in [3.8, 4) is 0 Å². The van der Waals surface area contributed by atoms with E-state index in [0.717, 1.165) is 22.5 Å². The molecule has 0 saturated heterocycles. The van der Waals surface area contributed by atoms with Crippen LogP contribution in [-0.4, -0.2) is 11.7 Å². The molecule has 3 aromatic rings. The summed E-state index contributed by atoms with van der Waals surface area (Å²) >= 11 is 0. The minimum absolute atomic E-state index is 0.369. The summed E-state index contributed by atoms with van der Waals surface area (Å²) in [7, 11) is 1.61. The summed E-state index contributed by atoms with van der Waals surface area (Å²) in [6.07, 6.45) is -2.41. The van der Waals surface area contributed by atoms with Crippen molar-refractivity contribution in [3.63, 3.8) is 0 Å². The predicted octanol–water partition coefficient (Wildman–Crippen LogP) is 4.65. The van der Waals surface area contributed by atoms with Crippen molar-refractivity contribution in [2.45, 2.75) is 19.3 Å². The van der Waals surface area contributed by atoms with Crippen LogP contribution in [-0.2, 0) is 24.1 Å². The van der Waals surface area contributed by atoms with Gasteiger partial charge < -0.3 is 9.30 Å². The first-order chi connectivity index (χ1) is 11.0. The van der Waals surface area contributed by atoms with Crippen molar-refractivity contribution in [3.05, 3.63) is 71.4 Å². The van der Waals surface area contributed by atoms with Gasteiger partial charge in [0, 0.05) is 36.3 Å². The van der Waals surface area contributed by atoms with Crippen LogP contribution >= 0.6 is 0 Å². The third-order valence-corrected chi connectivity index (χ3v) is 3.72. The third kappa shape index (κ3) is 3.24. The fourth-order valence-corrected chi connectivity index (χ4v) is 2.70. The first-order valence-corrected chi connectivity index (χ1v) is 7.12. The van der Waals surface area contributed by atoms with E-state index < -0.39 is 11.7 Å². The van der Waals surface area contributed by atoms with E-state index in [-0.39, 0.29) is 0 Å². The molecule has 0 fully saturated rings. The van der Waals surface area contributed by atoms with Crippen LogP contribution in [0.25, 0.3) is 10.9 Å². The zero-order valence-corrected chi connectivity index (χ0v) is 12.5. The highest BCUT2D eigenvalue weighted by Gasteiger charge is 2.30. The van der Waals surface area contributed by atoms with E-state index in [1.807, 2.05) is 22.9 Å². The summed E-state index contributed by atoms with van der Waals surface area (Å²) in [4.78, 5) is 0. The van der Waals surface area contributed by atoms with Gasteiger partial charge in [-0.15, -0.1) is 0 Å². The number of hydrogen-bond acceptors (Lipinski definition) is 1. The van der Waals surface area contributed by atoms with Crippen LogP contribution in [0.15, 0.2) is 48.7 Å². The Bertz CT molecular complexity index is 820. The monoisotopic (exact) mass is 318 g/mol. The molecule has 0 N–H and O–H groups in total. The van der Waals surface area contributed by atoms with Gasteiger partial charge in [0.25, 0.3) is 0 Å². The molecule has 0 bridgehead atoms. The standard InChI is InChI=1S/C18H15F3NO/c1-23-12-14-11-22(17-8-3-2-7-16(14)17)10-13-5-4-6-15(9-13)18(19,20)21/h3-9,11H,10,12H2,1H3. The molecule has 0 saturated carbocycles. The van der Waals surface area contributed by atoms with Gasteiger partial charge in [-0.3, -0.25) is 0 Å². The van der Waals surface area contributed by atoms with Gasteiger partial charge in [-0.1, -0.05) is 18.2 Å². The Labute approximate surface area is 132 Å². The van der Waals surface area contributed by atoms with Crippen molar-refractivity contribution >= 4 is 10.9 Å². The molecule has 5 heteroatoms. The molecule has 0 amide bonds. The van der Waals surface area contributed by atoms with Gasteiger partial charge in [0.2, 0.25) is 0 Å². The molecule has 119 valence electrons. The zero-order valence-electron chi connectivity index (χ0n) is 12.5. The summed E-state index contributed by atoms with van der Waals surface area (Å²) in [5.74, 6) is 0. The smallest absolute Gasteiger partial charge is 0.380 e. The van der Waals surface area contributed by atoms with Gasteiger partial charge in [0.1, 0.15) is 0 Å². The zero-order chi connectivity index (χ0) is 16.4. The Morgan fingerprint density at radius 3 is 2.78 bits per heavy atom. The van der Waals surface area contributed by atoms with E-state index >= 15 is 0 Å². The Morgan fingerprint density at radius 2 is 2.04 bits per heavy atom. The average molecular weight is 318 g/mol. The lowest BCUT2D eigenvalue weighted by atomic mass is 10.1. The second kappa shape index (κ2) is 6.08. The minimum Gasteiger partial charge on any atom is -0.380 e. The number of methoxy groups -OCH3 is 1. The highest BCUT2D eigenvalue weighted by Crippen LogP contribution is 2.30. The summed E-state index contributed by atoms with van der Waals surface area (Å²) in [6.45, 7) is 0.818. The van der Waals surface area contributed by atoms with E-state index in [1.165, 1.54) is 12.1 Å². The van der Waals surface area contributed by atoms with Gasteiger partial charge in [0.05, 0.1) is 12.2 Å². The minimum atomic E-state index is -4.33. The number of benzene rings is 2. The SMILES string of the molecule is COCc1cn(Cc2cccc(C(F)(F)F)c2)c2cc[c]cc12. The van der Waals surface area contributed by atoms with Crippen LogP contribution in [0, 0.1) is 6.07 Å². The molecule has 0 spiro atoms. The highest BCUT2D eigenvalue weighted by atomic mass is 19.4. The normalized spacial score (nSPS) is 12.0. The number of alkyl halides is 3. The molecule has 3 rings (SSSR count). The maximum absolute atomic E-state index is 12.8. The Hall–Kier alpha value is -2.27. The molecule has 0 atom stereocenters. The molecule has 0 aliphatic heterocycles. The van der Waals surface area contributed by atoms with Gasteiger partial charge in [-0.25, -0.2) is 0 Å². The fraction of sp³-hybridized carbons (Fsp3) is 0.222. The lowest BCUT2D eigenvalue weighted by molar-refractivity contribution is -0.137. The molecule has 0 aliphatic carbocycles. The average Bonchev–Trinajstić information content (AvgIpc) is 2.86. The lowest BCUT2D eigenvalue weighted by Crippen LogP contribution is -2.06. The van der Waals surface area contributed by atoms with Gasteiger partial charge in [-0.05, 0) is 35.9 Å². The van der Waals surface area contributed by atoms with Crippen molar-refractivity contribution in [2.24, 2.45) is 0 Å². The van der Waals surface area contributed by atoms with E-state index in [9.17, 15) is 13.2 Å². The quantitative estimate of drug-likeness (QED) is 0.683. The van der Waals surface area contributed by atoms with Crippen molar-refractivity contribution in [1.29, 1.82) is 0 Å². The van der Waals surface area contributed by atoms with Crippen molar-refractivity contribution in [1.82, 2.24) is 4.57 Å². The van der Waals surface area contributed by atoms with Gasteiger partial charge in [-0.2, -0.15) is 13.2 Å². The number of rotatable bonds is 4. The van der Waals surface area contributed by atoms with Crippen LogP contribution in [0.4, 0.5) is 13.2 Å². The number of aromatic nitrogens is 1. The topological polar surface area (TPSA) is 14.2 Å². The van der Waals surface area contributed by atoms with Crippen molar-refractivity contribution < 1.29 is 17.9 Å². The molecule has 1 aromatic heterocycles. The molecule has 0 unspecified atom stereocenters. The van der Waals surface area contributed by atoms with Crippen LogP contribution in [0.1, 0.15) is 16.7 Å². The fourth-order valence-electron chi connectivity index (χ4n) is 2.70. The van der Waals surface area contributed by atoms with E-state index in [0.29, 0.717) is 18.7 Å². The lowest BCUT2D eigenvalue weighted by Gasteiger charge is -2.10. The molecular weight excluding hydrogens is 303 g/mol. The number of hydrogen-bond donors (Lipinski definition) is 0. The van der Waals surface area contributed by atoms with Crippen LogP contribution in [0.2, 0.25) is 0 Å². The predicted molar refractivity (Wildman–Crippen MR) is 82.0 cm³/mol. The highest BCUT2D eigenvalue weighted by molar-refractivity contribution is 5.83. The Balaban J connectivity index is 1.99. The molecule has 2 nitrogen and oxygen atoms in total. The van der Waals surface area contributed by atoms with Crippen LogP contribution in [0.5, 0.6) is 0 Å². The van der Waals surface area contributed by atoms with Crippen LogP contribution in [0.3, 0.4) is 0 Å². The Kier molecular flexibility index (Phi) is 4.13. The van der Waals surface area contributed by atoms with Gasteiger partial charge >= 0.3 is 6.18 Å². The molecular formula is C18H15F3NO. The summed E-state index contributed by atoms with van der Waals surface area (Å²) in [5.41, 5.74) is 1.92. The maximum atomic E-state index is 12.8. The molecule has 2 aromatic carbocycles. The number of ether oxygens (including phenoxy) is 1. The van der Waals surface area contributed by atoms with Gasteiger partial charge in [0.15, 0.2) is 0 Å². The second-order valence-corrected chi connectivity index (χ2v) is 5.36. The summed E-state index contributed by atoms with van der Waals surface area (Å²) < 4.78 is 45.6. The number of halogens is 3. The molecule has 0 aliphatic rings. The number of nitrogens with zero attached hydrogens (tertiary/aromatic N) is 1. The summed E-state index contributed by atoms with van der Waals surface area (Å²) in [5, 5.41) is 1.00. The Morgan fingerprint density at radius 1 is 1.22 bits per heavy atom. The van der Waals surface area contributed by atoms with Crippen molar-refractivity contribution in [2.75, 3.05) is 7.11 Å². The molecule has 1 radical (unpaired) electrons. The van der Waals surface area contributed by atoms with E-state index in [2.05, 4.69) is 6.07 Å². The second-order valence-electron chi connectivity index (χ2n) is 5.36. The largest absolute Gasteiger partial charge is 0.416 e. The van der Waals surface area contributed by atoms with E-state index in [4.69, 9.17) is 4.74 Å². The molecule has 1 heterocycles. The molecule has 23 heavy (non-hydrogen) atoms.